The van der Waals surface area contributed by atoms with Gasteiger partial charge in [-0.15, -0.1) is 0 Å². The lowest BCUT2D eigenvalue weighted by Gasteiger charge is -2.41. The van der Waals surface area contributed by atoms with E-state index in [2.05, 4.69) is 27.2 Å². The van der Waals surface area contributed by atoms with Gasteiger partial charge in [0.15, 0.2) is 0 Å². The molecule has 29 heavy (non-hydrogen) atoms. The van der Waals surface area contributed by atoms with Crippen molar-refractivity contribution in [3.63, 3.8) is 0 Å². The maximum absolute atomic E-state index is 13.4. The van der Waals surface area contributed by atoms with Crippen LogP contribution in [0.4, 0.5) is 0 Å². The first-order valence-electron chi connectivity index (χ1n) is 10.7. The largest absolute Gasteiger partial charge is 0.383 e. The predicted molar refractivity (Wildman–Crippen MR) is 113 cm³/mol. The van der Waals surface area contributed by atoms with E-state index in [1.807, 2.05) is 23.1 Å². The molecule has 1 N–H and O–H groups in total. The molecule has 2 heterocycles. The molecule has 0 bridgehead atoms. The Morgan fingerprint density at radius 3 is 2.34 bits per heavy atom. The van der Waals surface area contributed by atoms with Gasteiger partial charge in [-0.05, 0) is 24.8 Å². The smallest absolute Gasteiger partial charge is 0.244 e. The van der Waals surface area contributed by atoms with Gasteiger partial charge in [0.25, 0.3) is 0 Å². The number of ether oxygens (including phenoxy) is 1. The predicted octanol–water partition coefficient (Wildman–Crippen LogP) is 1.12. The van der Waals surface area contributed by atoms with Crippen LogP contribution in [0.3, 0.4) is 0 Å². The summed E-state index contributed by atoms with van der Waals surface area (Å²) < 4.78 is 4.97. The Labute approximate surface area is 174 Å². The molecule has 160 valence electrons. The number of carbonyl (C=O) groups excluding carboxylic acids is 2. The number of hydrogen-bond acceptors (Lipinski definition) is 5. The van der Waals surface area contributed by atoms with Crippen LogP contribution in [0.15, 0.2) is 30.3 Å². The van der Waals surface area contributed by atoms with Crippen molar-refractivity contribution in [3.05, 3.63) is 35.9 Å². The highest BCUT2D eigenvalue weighted by Gasteiger charge is 2.33. The summed E-state index contributed by atoms with van der Waals surface area (Å²) in [6.45, 7) is 6.32. The number of methoxy groups -OCH3 is 1. The molecule has 1 unspecified atom stereocenters. The average Bonchev–Trinajstić information content (AvgIpc) is 2.76. The third-order valence-corrected chi connectivity index (χ3v) is 5.78. The number of likely N-dealkylation sites (tertiary alicyclic amines) is 1. The number of amides is 2. The number of rotatable bonds is 8. The van der Waals surface area contributed by atoms with Gasteiger partial charge in [0.1, 0.15) is 6.04 Å². The van der Waals surface area contributed by atoms with Gasteiger partial charge in [-0.3, -0.25) is 19.4 Å². The minimum atomic E-state index is -0.230. The highest BCUT2D eigenvalue weighted by molar-refractivity contribution is 5.83. The number of hydrogen-bond donors (Lipinski definition) is 1. The molecule has 1 aromatic rings. The molecule has 0 saturated carbocycles. The molecule has 3 rings (SSSR count). The number of carbonyl (C=O) groups is 2. The van der Waals surface area contributed by atoms with Crippen LogP contribution in [0.2, 0.25) is 0 Å². The van der Waals surface area contributed by atoms with Crippen molar-refractivity contribution in [3.8, 4) is 0 Å². The number of nitrogens with zero attached hydrogens (tertiary/aromatic N) is 3. The average molecular weight is 403 g/mol. The molecule has 2 fully saturated rings. The summed E-state index contributed by atoms with van der Waals surface area (Å²) >= 11 is 0. The van der Waals surface area contributed by atoms with Crippen LogP contribution in [0.25, 0.3) is 0 Å². The van der Waals surface area contributed by atoms with E-state index in [0.29, 0.717) is 19.7 Å². The SMILES string of the molecule is COCCNC(=O)CN1CCN(C(C(=O)N2CCCCC2)c2ccccc2)CC1. The van der Waals surface area contributed by atoms with Crippen molar-refractivity contribution < 1.29 is 14.3 Å². The Morgan fingerprint density at radius 2 is 1.69 bits per heavy atom. The van der Waals surface area contributed by atoms with Crippen LogP contribution in [0, 0.1) is 0 Å². The lowest BCUT2D eigenvalue weighted by atomic mass is 10.0. The van der Waals surface area contributed by atoms with Crippen molar-refractivity contribution in [2.24, 2.45) is 0 Å². The van der Waals surface area contributed by atoms with E-state index in [9.17, 15) is 9.59 Å². The Morgan fingerprint density at radius 1 is 1.00 bits per heavy atom. The number of piperidine rings is 1. The first kappa shape index (κ1) is 21.7. The van der Waals surface area contributed by atoms with E-state index in [0.717, 1.165) is 57.7 Å². The molecule has 1 aromatic carbocycles. The summed E-state index contributed by atoms with van der Waals surface area (Å²) in [5.41, 5.74) is 1.06. The lowest BCUT2D eigenvalue weighted by Crippen LogP contribution is -2.53. The fourth-order valence-electron chi connectivity index (χ4n) is 4.16. The molecule has 0 aliphatic carbocycles. The standard InChI is InChI=1S/C22H34N4O3/c1-29-17-10-23-20(27)18-24-13-15-25(16-14-24)21(19-8-4-2-5-9-19)22(28)26-11-6-3-7-12-26/h2,4-5,8-9,21H,3,6-7,10-18H2,1H3,(H,23,27). The number of benzene rings is 1. The Hall–Kier alpha value is -1.96. The lowest BCUT2D eigenvalue weighted by molar-refractivity contribution is -0.139. The van der Waals surface area contributed by atoms with E-state index < -0.39 is 0 Å². The topological polar surface area (TPSA) is 65.1 Å². The van der Waals surface area contributed by atoms with Gasteiger partial charge in [0, 0.05) is 52.9 Å². The van der Waals surface area contributed by atoms with Crippen LogP contribution < -0.4 is 5.32 Å². The second-order valence-electron chi connectivity index (χ2n) is 7.85. The van der Waals surface area contributed by atoms with Crippen molar-refractivity contribution in [1.82, 2.24) is 20.0 Å². The van der Waals surface area contributed by atoms with Crippen LogP contribution >= 0.6 is 0 Å². The molecule has 2 aliphatic rings. The summed E-state index contributed by atoms with van der Waals surface area (Å²) in [5, 5.41) is 2.87. The minimum absolute atomic E-state index is 0.0273. The van der Waals surface area contributed by atoms with Gasteiger partial charge in [0.05, 0.1) is 13.2 Å². The van der Waals surface area contributed by atoms with E-state index in [-0.39, 0.29) is 17.9 Å². The monoisotopic (exact) mass is 402 g/mol. The fraction of sp³-hybridized carbons (Fsp3) is 0.636. The summed E-state index contributed by atoms with van der Waals surface area (Å²) in [5.74, 6) is 0.251. The molecule has 2 amide bonds. The van der Waals surface area contributed by atoms with Gasteiger partial charge >= 0.3 is 0 Å². The third-order valence-electron chi connectivity index (χ3n) is 5.78. The van der Waals surface area contributed by atoms with E-state index in [1.54, 1.807) is 7.11 Å². The van der Waals surface area contributed by atoms with Crippen molar-refractivity contribution in [2.45, 2.75) is 25.3 Å². The summed E-state index contributed by atoms with van der Waals surface area (Å²) in [6.07, 6.45) is 3.41. The first-order chi connectivity index (χ1) is 14.2. The molecule has 1 atom stereocenters. The van der Waals surface area contributed by atoms with Crippen LogP contribution in [0.5, 0.6) is 0 Å². The Bertz CT molecular complexity index is 641. The second-order valence-corrected chi connectivity index (χ2v) is 7.85. The summed E-state index contributed by atoms with van der Waals surface area (Å²) in [6, 6.07) is 9.89. The zero-order valence-corrected chi connectivity index (χ0v) is 17.5. The van der Waals surface area contributed by atoms with Gasteiger partial charge in [-0.25, -0.2) is 0 Å². The van der Waals surface area contributed by atoms with Crippen LogP contribution in [-0.4, -0.2) is 92.6 Å². The van der Waals surface area contributed by atoms with Gasteiger partial charge < -0.3 is 15.0 Å². The number of nitrogens with one attached hydrogen (secondary N) is 1. The first-order valence-corrected chi connectivity index (χ1v) is 10.7. The van der Waals surface area contributed by atoms with Gasteiger partial charge in [-0.2, -0.15) is 0 Å². The molecule has 0 aromatic heterocycles. The molecular weight excluding hydrogens is 368 g/mol. The molecule has 7 nitrogen and oxygen atoms in total. The van der Waals surface area contributed by atoms with E-state index in [1.165, 1.54) is 6.42 Å². The Kier molecular flexibility index (Phi) is 8.46. The quantitative estimate of drug-likeness (QED) is 0.660. The zero-order valence-electron chi connectivity index (χ0n) is 17.5. The molecule has 2 saturated heterocycles. The maximum atomic E-state index is 13.4. The van der Waals surface area contributed by atoms with Gasteiger partial charge in [0.2, 0.25) is 11.8 Å². The third kappa shape index (κ3) is 6.26. The van der Waals surface area contributed by atoms with E-state index in [4.69, 9.17) is 4.74 Å². The van der Waals surface area contributed by atoms with Crippen molar-refractivity contribution in [2.75, 3.05) is 66.1 Å². The Balaban J connectivity index is 1.59. The van der Waals surface area contributed by atoms with E-state index >= 15 is 0 Å². The molecule has 7 heteroatoms. The molecule has 0 radical (unpaired) electrons. The van der Waals surface area contributed by atoms with Crippen molar-refractivity contribution >= 4 is 11.8 Å². The second kappa shape index (κ2) is 11.3. The minimum Gasteiger partial charge on any atom is -0.383 e. The fourth-order valence-corrected chi connectivity index (χ4v) is 4.16. The molecular formula is C22H34N4O3. The van der Waals surface area contributed by atoms with Crippen LogP contribution in [0.1, 0.15) is 30.9 Å². The summed E-state index contributed by atoms with van der Waals surface area (Å²) in [7, 11) is 1.62. The van der Waals surface area contributed by atoms with Crippen molar-refractivity contribution in [1.29, 1.82) is 0 Å². The summed E-state index contributed by atoms with van der Waals surface area (Å²) in [4.78, 5) is 31.9. The maximum Gasteiger partial charge on any atom is 0.244 e. The van der Waals surface area contributed by atoms with Crippen LogP contribution in [-0.2, 0) is 14.3 Å². The zero-order chi connectivity index (χ0) is 20.5. The number of piperazine rings is 1. The molecule has 0 spiro atoms. The normalized spacial score (nSPS) is 19.7. The van der Waals surface area contributed by atoms with Gasteiger partial charge in [-0.1, -0.05) is 30.3 Å². The molecule has 2 aliphatic heterocycles. The highest BCUT2D eigenvalue weighted by atomic mass is 16.5. The highest BCUT2D eigenvalue weighted by Crippen LogP contribution is 2.26.